The predicted molar refractivity (Wildman–Crippen MR) is 110 cm³/mol. The van der Waals surface area contributed by atoms with Gasteiger partial charge in [-0.1, -0.05) is 0 Å². The van der Waals surface area contributed by atoms with Gasteiger partial charge >= 0.3 is 0 Å². The predicted octanol–water partition coefficient (Wildman–Crippen LogP) is 2.90. The Morgan fingerprint density at radius 3 is 2.50 bits per heavy atom. The summed E-state index contributed by atoms with van der Waals surface area (Å²) in [5.74, 6) is 0.247. The van der Waals surface area contributed by atoms with Gasteiger partial charge in [0.25, 0.3) is 5.91 Å². The molecule has 1 fully saturated rings. The Morgan fingerprint density at radius 1 is 0.900 bits per heavy atom. The van der Waals surface area contributed by atoms with Crippen molar-refractivity contribution in [2.24, 2.45) is 0 Å². The van der Waals surface area contributed by atoms with Gasteiger partial charge in [-0.05, 0) is 31.0 Å². The monoisotopic (exact) mass is 397 g/mol. The molecule has 8 heteroatoms. The topological polar surface area (TPSA) is 97.7 Å². The highest BCUT2D eigenvalue weighted by Gasteiger charge is 2.26. The minimum Gasteiger partial charge on any atom is -0.337 e. The molecule has 0 aromatic carbocycles. The number of likely N-dealkylation sites (tertiary alicyclic amines) is 1. The van der Waals surface area contributed by atoms with Gasteiger partial charge in [-0.25, -0.2) is 24.9 Å². The molecule has 0 unspecified atom stereocenters. The minimum absolute atomic E-state index is 0.0629. The molecule has 4 aromatic heterocycles. The molecule has 5 rings (SSSR count). The zero-order valence-corrected chi connectivity index (χ0v) is 16.2. The highest BCUT2D eigenvalue weighted by Crippen LogP contribution is 2.29. The second-order valence-corrected chi connectivity index (χ2v) is 7.29. The van der Waals surface area contributed by atoms with E-state index in [0.29, 0.717) is 24.7 Å². The van der Waals surface area contributed by atoms with Gasteiger partial charge in [0, 0.05) is 72.2 Å². The summed E-state index contributed by atoms with van der Waals surface area (Å²) in [6.07, 6.45) is 13.2. The molecule has 0 radical (unpaired) electrons. The van der Waals surface area contributed by atoms with E-state index in [-0.39, 0.29) is 5.91 Å². The van der Waals surface area contributed by atoms with Crippen molar-refractivity contribution in [1.82, 2.24) is 34.8 Å². The number of amides is 1. The van der Waals surface area contributed by atoms with Gasteiger partial charge in [-0.3, -0.25) is 9.78 Å². The summed E-state index contributed by atoms with van der Waals surface area (Å²) in [7, 11) is 0. The van der Waals surface area contributed by atoms with E-state index in [0.717, 1.165) is 40.7 Å². The molecule has 1 amide bonds. The first-order valence-corrected chi connectivity index (χ1v) is 9.85. The lowest BCUT2D eigenvalue weighted by Gasteiger charge is -2.31. The third kappa shape index (κ3) is 3.59. The summed E-state index contributed by atoms with van der Waals surface area (Å²) in [5, 5.41) is 0.982. The van der Waals surface area contributed by atoms with Crippen LogP contribution in [0.2, 0.25) is 0 Å². The molecule has 0 bridgehead atoms. The Kier molecular flexibility index (Phi) is 4.80. The third-order valence-electron chi connectivity index (χ3n) is 5.44. The van der Waals surface area contributed by atoms with Gasteiger partial charge in [-0.15, -0.1) is 0 Å². The lowest BCUT2D eigenvalue weighted by atomic mass is 9.92. The molecule has 0 spiro atoms. The van der Waals surface area contributed by atoms with Crippen LogP contribution in [0.5, 0.6) is 0 Å². The number of hydrogen-bond donors (Lipinski definition) is 0. The SMILES string of the molecule is O=C(c1cnccn1)N1CCC(c2ccc3cc(-c4cncnc4)cnc3n2)CC1. The lowest BCUT2D eigenvalue weighted by Crippen LogP contribution is -2.38. The Hall–Kier alpha value is -3.81. The minimum atomic E-state index is -0.0629. The number of carbonyl (C=O) groups excluding carboxylic acids is 1. The third-order valence-corrected chi connectivity index (χ3v) is 5.44. The number of pyridine rings is 2. The fraction of sp³-hybridized carbons (Fsp3) is 0.227. The van der Waals surface area contributed by atoms with Crippen LogP contribution in [0.3, 0.4) is 0 Å². The average Bonchev–Trinajstić information content (AvgIpc) is 2.84. The zero-order chi connectivity index (χ0) is 20.3. The first-order chi connectivity index (χ1) is 14.8. The molecule has 0 saturated carbocycles. The van der Waals surface area contributed by atoms with E-state index in [1.165, 1.54) is 12.5 Å². The van der Waals surface area contributed by atoms with Crippen LogP contribution >= 0.6 is 0 Å². The quantitative estimate of drug-likeness (QED) is 0.524. The second kappa shape index (κ2) is 7.90. The Balaban J connectivity index is 1.30. The number of aromatic nitrogens is 6. The molecule has 30 heavy (non-hydrogen) atoms. The molecule has 1 saturated heterocycles. The van der Waals surface area contributed by atoms with E-state index in [1.54, 1.807) is 31.0 Å². The highest BCUT2D eigenvalue weighted by molar-refractivity contribution is 5.92. The molecule has 1 aliphatic rings. The molecule has 1 aliphatic heterocycles. The average molecular weight is 397 g/mol. The Bertz CT molecular complexity index is 1180. The molecule has 0 atom stereocenters. The van der Waals surface area contributed by atoms with Crippen LogP contribution < -0.4 is 0 Å². The van der Waals surface area contributed by atoms with Gasteiger partial charge < -0.3 is 4.90 Å². The normalized spacial score (nSPS) is 14.7. The molecular formula is C22H19N7O. The van der Waals surface area contributed by atoms with Crippen LogP contribution in [0.1, 0.15) is 34.9 Å². The molecule has 5 heterocycles. The van der Waals surface area contributed by atoms with Crippen LogP contribution in [0.4, 0.5) is 0 Å². The van der Waals surface area contributed by atoms with E-state index >= 15 is 0 Å². The van der Waals surface area contributed by atoms with E-state index < -0.39 is 0 Å². The first kappa shape index (κ1) is 18.2. The molecule has 148 valence electrons. The van der Waals surface area contributed by atoms with Gasteiger partial charge in [0.2, 0.25) is 0 Å². The van der Waals surface area contributed by atoms with E-state index in [2.05, 4.69) is 43.1 Å². The summed E-state index contributed by atoms with van der Waals surface area (Å²) < 4.78 is 0. The molecule has 0 N–H and O–H groups in total. The Labute approximate surface area is 173 Å². The summed E-state index contributed by atoms with van der Waals surface area (Å²) in [4.78, 5) is 40.0. The van der Waals surface area contributed by atoms with Gasteiger partial charge in [0.05, 0.1) is 6.20 Å². The number of hydrogen-bond acceptors (Lipinski definition) is 7. The van der Waals surface area contributed by atoms with Gasteiger partial charge in [0.1, 0.15) is 12.0 Å². The number of piperidine rings is 1. The maximum atomic E-state index is 12.6. The fourth-order valence-electron chi connectivity index (χ4n) is 3.81. The maximum absolute atomic E-state index is 12.6. The number of nitrogens with zero attached hydrogens (tertiary/aromatic N) is 7. The summed E-state index contributed by atoms with van der Waals surface area (Å²) in [6, 6.07) is 6.19. The molecule has 8 nitrogen and oxygen atoms in total. The van der Waals surface area contributed by atoms with Gasteiger partial charge in [-0.2, -0.15) is 0 Å². The van der Waals surface area contributed by atoms with Crippen LogP contribution in [-0.2, 0) is 0 Å². The van der Waals surface area contributed by atoms with E-state index in [9.17, 15) is 4.79 Å². The van der Waals surface area contributed by atoms with Crippen LogP contribution in [-0.4, -0.2) is 53.8 Å². The molecule has 4 aromatic rings. The van der Waals surface area contributed by atoms with E-state index in [1.807, 2.05) is 4.90 Å². The summed E-state index contributed by atoms with van der Waals surface area (Å²) in [5.41, 5.74) is 4.04. The van der Waals surface area contributed by atoms with Crippen molar-refractivity contribution >= 4 is 16.9 Å². The van der Waals surface area contributed by atoms with Crippen LogP contribution in [0, 0.1) is 0 Å². The van der Waals surface area contributed by atoms with Crippen molar-refractivity contribution < 1.29 is 4.79 Å². The summed E-state index contributed by atoms with van der Waals surface area (Å²) in [6.45, 7) is 1.36. The van der Waals surface area contributed by atoms with Crippen molar-refractivity contribution in [1.29, 1.82) is 0 Å². The molecule has 0 aliphatic carbocycles. The van der Waals surface area contributed by atoms with Crippen molar-refractivity contribution in [2.75, 3.05) is 13.1 Å². The molecular weight excluding hydrogens is 378 g/mol. The smallest absolute Gasteiger partial charge is 0.274 e. The van der Waals surface area contributed by atoms with Crippen molar-refractivity contribution in [3.05, 3.63) is 73.1 Å². The number of carbonyl (C=O) groups is 1. The number of rotatable bonds is 3. The Morgan fingerprint density at radius 2 is 1.73 bits per heavy atom. The van der Waals surface area contributed by atoms with Crippen LogP contribution in [0.15, 0.2) is 61.7 Å². The van der Waals surface area contributed by atoms with Crippen LogP contribution in [0.25, 0.3) is 22.2 Å². The maximum Gasteiger partial charge on any atom is 0.274 e. The first-order valence-electron chi connectivity index (χ1n) is 9.85. The summed E-state index contributed by atoms with van der Waals surface area (Å²) >= 11 is 0. The van der Waals surface area contributed by atoms with E-state index in [4.69, 9.17) is 4.98 Å². The van der Waals surface area contributed by atoms with Crippen molar-refractivity contribution in [2.45, 2.75) is 18.8 Å². The van der Waals surface area contributed by atoms with Crippen molar-refractivity contribution in [3.8, 4) is 11.1 Å². The second-order valence-electron chi connectivity index (χ2n) is 7.29. The van der Waals surface area contributed by atoms with Gasteiger partial charge in [0.15, 0.2) is 5.65 Å². The van der Waals surface area contributed by atoms with Crippen molar-refractivity contribution in [3.63, 3.8) is 0 Å². The lowest BCUT2D eigenvalue weighted by molar-refractivity contribution is 0.0705. The highest BCUT2D eigenvalue weighted by atomic mass is 16.2. The standard InChI is InChI=1S/C22H19N7O/c30-22(20-13-23-5-6-26-20)29-7-3-15(4-8-29)19-2-1-16-9-17(12-27-21(16)28-19)18-10-24-14-25-11-18/h1-2,5-6,9-15H,3-4,7-8H2. The zero-order valence-electron chi connectivity index (χ0n) is 16.2. The number of fused-ring (bicyclic) bond motifs is 1. The largest absolute Gasteiger partial charge is 0.337 e. The fourth-order valence-corrected chi connectivity index (χ4v) is 3.81.